The molecular weight excluding hydrogens is 166 g/mol. The molecule has 0 aromatic carbocycles. The summed E-state index contributed by atoms with van der Waals surface area (Å²) in [6.45, 7) is 7.23. The SMILES string of the molecule is CC(C)(CO)C(C#N)C(C)(C)CO. The van der Waals surface area contributed by atoms with E-state index in [4.69, 9.17) is 15.5 Å². The van der Waals surface area contributed by atoms with E-state index in [2.05, 4.69) is 6.07 Å². The van der Waals surface area contributed by atoms with Crippen LogP contribution in [0, 0.1) is 28.1 Å². The second-order valence-electron chi connectivity index (χ2n) is 4.86. The fraction of sp³-hybridized carbons (Fsp3) is 0.900. The molecule has 2 N–H and O–H groups in total. The van der Waals surface area contributed by atoms with E-state index in [-0.39, 0.29) is 19.1 Å². The van der Waals surface area contributed by atoms with Crippen LogP contribution < -0.4 is 0 Å². The summed E-state index contributed by atoms with van der Waals surface area (Å²) in [4.78, 5) is 0. The van der Waals surface area contributed by atoms with Gasteiger partial charge in [0.1, 0.15) is 0 Å². The molecule has 0 radical (unpaired) electrons. The number of nitrogens with zero attached hydrogens (tertiary/aromatic N) is 1. The summed E-state index contributed by atoms with van der Waals surface area (Å²) in [7, 11) is 0. The maximum absolute atomic E-state index is 9.12. The van der Waals surface area contributed by atoms with E-state index in [1.54, 1.807) is 0 Å². The van der Waals surface area contributed by atoms with Gasteiger partial charge in [-0.3, -0.25) is 0 Å². The standard InChI is InChI=1S/C10H19NO2/c1-9(2,6-12)8(5-11)10(3,4)7-13/h8,12-13H,6-7H2,1-4H3. The molecule has 13 heavy (non-hydrogen) atoms. The van der Waals surface area contributed by atoms with Crippen molar-refractivity contribution < 1.29 is 10.2 Å². The monoisotopic (exact) mass is 185 g/mol. The summed E-state index contributed by atoms with van der Waals surface area (Å²) in [5.74, 6) is -0.352. The second kappa shape index (κ2) is 4.08. The highest BCUT2D eigenvalue weighted by atomic mass is 16.3. The Hall–Kier alpha value is -0.590. The van der Waals surface area contributed by atoms with Crippen LogP contribution >= 0.6 is 0 Å². The van der Waals surface area contributed by atoms with Crippen molar-refractivity contribution in [1.29, 1.82) is 5.26 Å². The molecule has 0 bridgehead atoms. The zero-order valence-corrected chi connectivity index (χ0v) is 8.83. The van der Waals surface area contributed by atoms with E-state index in [1.165, 1.54) is 0 Å². The largest absolute Gasteiger partial charge is 0.396 e. The van der Waals surface area contributed by atoms with Gasteiger partial charge in [-0.1, -0.05) is 27.7 Å². The average Bonchev–Trinajstić information content (AvgIpc) is 2.05. The van der Waals surface area contributed by atoms with Crippen molar-refractivity contribution in [2.45, 2.75) is 27.7 Å². The first kappa shape index (κ1) is 12.4. The van der Waals surface area contributed by atoms with Crippen LogP contribution in [0.1, 0.15) is 27.7 Å². The van der Waals surface area contributed by atoms with Crippen LogP contribution in [0.2, 0.25) is 0 Å². The number of hydrogen-bond acceptors (Lipinski definition) is 3. The van der Waals surface area contributed by atoms with Gasteiger partial charge in [0.25, 0.3) is 0 Å². The fourth-order valence-corrected chi connectivity index (χ4v) is 1.59. The van der Waals surface area contributed by atoms with Gasteiger partial charge in [-0.15, -0.1) is 0 Å². The Labute approximate surface area is 80.0 Å². The van der Waals surface area contributed by atoms with Gasteiger partial charge in [0.2, 0.25) is 0 Å². The highest BCUT2D eigenvalue weighted by Gasteiger charge is 2.40. The van der Waals surface area contributed by atoms with E-state index in [0.717, 1.165) is 0 Å². The van der Waals surface area contributed by atoms with Gasteiger partial charge in [0.15, 0.2) is 0 Å². The number of nitriles is 1. The lowest BCUT2D eigenvalue weighted by atomic mass is 9.66. The third-order valence-corrected chi connectivity index (χ3v) is 2.51. The van der Waals surface area contributed by atoms with Gasteiger partial charge < -0.3 is 10.2 Å². The molecule has 0 saturated carbocycles. The third-order valence-electron chi connectivity index (χ3n) is 2.51. The summed E-state index contributed by atoms with van der Waals surface area (Å²) in [5, 5.41) is 27.2. The van der Waals surface area contributed by atoms with E-state index < -0.39 is 10.8 Å². The Bertz CT molecular complexity index is 187. The predicted octanol–water partition coefficient (Wildman–Crippen LogP) is 1.16. The molecule has 0 atom stereocenters. The van der Waals surface area contributed by atoms with Gasteiger partial charge in [-0.05, 0) is 0 Å². The molecule has 0 spiro atoms. The van der Waals surface area contributed by atoms with E-state index in [9.17, 15) is 0 Å². The van der Waals surface area contributed by atoms with Crippen LogP contribution in [0.5, 0.6) is 0 Å². The zero-order valence-electron chi connectivity index (χ0n) is 8.83. The highest BCUT2D eigenvalue weighted by Crippen LogP contribution is 2.39. The molecule has 3 heteroatoms. The molecule has 0 aliphatic carbocycles. The van der Waals surface area contributed by atoms with Gasteiger partial charge in [0, 0.05) is 24.0 Å². The lowest BCUT2D eigenvalue weighted by Gasteiger charge is -2.38. The molecule has 0 aromatic heterocycles. The lowest BCUT2D eigenvalue weighted by Crippen LogP contribution is -2.39. The molecule has 0 amide bonds. The highest BCUT2D eigenvalue weighted by molar-refractivity contribution is 5.01. The topological polar surface area (TPSA) is 64.2 Å². The molecule has 0 saturated heterocycles. The van der Waals surface area contributed by atoms with Crippen LogP contribution in [-0.4, -0.2) is 23.4 Å². The van der Waals surface area contributed by atoms with E-state index >= 15 is 0 Å². The molecule has 76 valence electrons. The molecule has 3 nitrogen and oxygen atoms in total. The minimum absolute atomic E-state index is 0.0470. The number of aliphatic hydroxyl groups excluding tert-OH is 2. The van der Waals surface area contributed by atoms with E-state index in [1.807, 2.05) is 27.7 Å². The summed E-state index contributed by atoms with van der Waals surface area (Å²) in [6.07, 6.45) is 0. The van der Waals surface area contributed by atoms with Gasteiger partial charge in [-0.25, -0.2) is 0 Å². The quantitative estimate of drug-likeness (QED) is 0.691. The molecule has 0 aliphatic rings. The van der Waals surface area contributed by atoms with Crippen molar-refractivity contribution in [2.24, 2.45) is 16.7 Å². The Morgan fingerprint density at radius 1 is 1.08 bits per heavy atom. The molecule has 0 unspecified atom stereocenters. The van der Waals surface area contributed by atoms with Crippen molar-refractivity contribution in [3.63, 3.8) is 0 Å². The van der Waals surface area contributed by atoms with Crippen molar-refractivity contribution >= 4 is 0 Å². The fourth-order valence-electron chi connectivity index (χ4n) is 1.59. The van der Waals surface area contributed by atoms with Crippen LogP contribution in [-0.2, 0) is 0 Å². The first-order valence-corrected chi connectivity index (χ1v) is 4.43. The Kier molecular flexibility index (Phi) is 3.89. The zero-order chi connectivity index (χ0) is 10.7. The van der Waals surface area contributed by atoms with Gasteiger partial charge in [-0.2, -0.15) is 5.26 Å². The Morgan fingerprint density at radius 2 is 1.38 bits per heavy atom. The molecule has 0 heterocycles. The van der Waals surface area contributed by atoms with Crippen LogP contribution in [0.15, 0.2) is 0 Å². The maximum Gasteiger partial charge on any atom is 0.0668 e. The smallest absolute Gasteiger partial charge is 0.0668 e. The predicted molar refractivity (Wildman–Crippen MR) is 50.8 cm³/mol. The van der Waals surface area contributed by atoms with E-state index in [0.29, 0.717) is 0 Å². The Morgan fingerprint density at radius 3 is 1.54 bits per heavy atom. The van der Waals surface area contributed by atoms with Crippen molar-refractivity contribution in [3.05, 3.63) is 0 Å². The number of rotatable bonds is 4. The van der Waals surface area contributed by atoms with Crippen LogP contribution in [0.4, 0.5) is 0 Å². The maximum atomic E-state index is 9.12. The van der Waals surface area contributed by atoms with Crippen molar-refractivity contribution in [1.82, 2.24) is 0 Å². The Balaban J connectivity index is 4.83. The number of hydrogen-bond donors (Lipinski definition) is 2. The third kappa shape index (κ3) is 2.68. The van der Waals surface area contributed by atoms with Crippen LogP contribution in [0.3, 0.4) is 0 Å². The molecular formula is C10H19NO2. The average molecular weight is 185 g/mol. The summed E-state index contributed by atoms with van der Waals surface area (Å²) in [6, 6.07) is 2.16. The minimum atomic E-state index is -0.471. The molecule has 0 rings (SSSR count). The molecule has 0 fully saturated rings. The molecule has 0 aliphatic heterocycles. The molecule has 0 aromatic rings. The normalized spacial score (nSPS) is 13.1. The lowest BCUT2D eigenvalue weighted by molar-refractivity contribution is 0.0217. The number of aliphatic hydroxyl groups is 2. The minimum Gasteiger partial charge on any atom is -0.396 e. The van der Waals surface area contributed by atoms with Crippen molar-refractivity contribution in [3.8, 4) is 6.07 Å². The van der Waals surface area contributed by atoms with Gasteiger partial charge in [0.05, 0.1) is 12.0 Å². The summed E-state index contributed by atoms with van der Waals surface area (Å²) in [5.41, 5.74) is -0.942. The van der Waals surface area contributed by atoms with Gasteiger partial charge >= 0.3 is 0 Å². The second-order valence-corrected chi connectivity index (χ2v) is 4.86. The first-order valence-electron chi connectivity index (χ1n) is 4.43. The first-order chi connectivity index (χ1) is 5.81. The van der Waals surface area contributed by atoms with Crippen LogP contribution in [0.25, 0.3) is 0 Å². The van der Waals surface area contributed by atoms with Crippen molar-refractivity contribution in [2.75, 3.05) is 13.2 Å². The summed E-state index contributed by atoms with van der Waals surface area (Å²) < 4.78 is 0. The summed E-state index contributed by atoms with van der Waals surface area (Å²) >= 11 is 0.